The quantitative estimate of drug-likeness (QED) is 0.869. The Hall–Kier alpha value is -1.70. The lowest BCUT2D eigenvalue weighted by Gasteiger charge is -2.10. The minimum atomic E-state index is -2.83. The van der Waals surface area contributed by atoms with Crippen LogP contribution in [-0.2, 0) is 9.84 Å². The molecular weight excluding hydrogens is 266 g/mol. The Bertz CT molecular complexity index is 709. The average molecular weight is 281 g/mol. The number of hydrogen-bond donors (Lipinski definition) is 1. The lowest BCUT2D eigenvalue weighted by molar-refractivity contribution is 0.595. The van der Waals surface area contributed by atoms with E-state index >= 15 is 0 Å². The normalized spacial score (nSPS) is 21.8. The van der Waals surface area contributed by atoms with Crippen LogP contribution in [0, 0.1) is 12.8 Å². The van der Waals surface area contributed by atoms with Crippen molar-refractivity contribution in [1.29, 1.82) is 0 Å². The van der Waals surface area contributed by atoms with Crippen molar-refractivity contribution >= 4 is 21.3 Å². The SMILES string of the molecule is Cc1nnc2c(NCC3CCS(=O)(=O)C3)nccn12. The molecule has 19 heavy (non-hydrogen) atoms. The molecule has 0 saturated carbocycles. The van der Waals surface area contributed by atoms with E-state index in [2.05, 4.69) is 20.5 Å². The largest absolute Gasteiger partial charge is 0.367 e. The highest BCUT2D eigenvalue weighted by Crippen LogP contribution is 2.19. The highest BCUT2D eigenvalue weighted by molar-refractivity contribution is 7.91. The number of aromatic nitrogens is 4. The summed E-state index contributed by atoms with van der Waals surface area (Å²) >= 11 is 0. The van der Waals surface area contributed by atoms with E-state index in [0.29, 0.717) is 30.2 Å². The van der Waals surface area contributed by atoms with Crippen molar-refractivity contribution in [1.82, 2.24) is 19.6 Å². The molecule has 8 heteroatoms. The molecule has 0 amide bonds. The molecule has 7 nitrogen and oxygen atoms in total. The number of nitrogens with zero attached hydrogens (tertiary/aromatic N) is 4. The number of anilines is 1. The van der Waals surface area contributed by atoms with Crippen LogP contribution in [0.3, 0.4) is 0 Å². The molecular formula is C11H15N5O2S. The zero-order valence-electron chi connectivity index (χ0n) is 10.6. The second-order valence-electron chi connectivity index (χ2n) is 4.87. The molecule has 0 aliphatic carbocycles. The van der Waals surface area contributed by atoms with Crippen molar-refractivity contribution < 1.29 is 8.42 Å². The molecule has 0 radical (unpaired) electrons. The van der Waals surface area contributed by atoms with Gasteiger partial charge in [-0.15, -0.1) is 10.2 Å². The maximum Gasteiger partial charge on any atom is 0.203 e. The van der Waals surface area contributed by atoms with Gasteiger partial charge >= 0.3 is 0 Å². The van der Waals surface area contributed by atoms with Crippen molar-refractivity contribution in [2.24, 2.45) is 5.92 Å². The monoisotopic (exact) mass is 281 g/mol. The van der Waals surface area contributed by atoms with E-state index in [1.807, 2.05) is 11.3 Å². The molecule has 1 atom stereocenters. The predicted molar refractivity (Wildman–Crippen MR) is 70.8 cm³/mol. The smallest absolute Gasteiger partial charge is 0.203 e. The van der Waals surface area contributed by atoms with E-state index in [1.165, 1.54) is 0 Å². The van der Waals surface area contributed by atoms with Crippen molar-refractivity contribution in [2.45, 2.75) is 13.3 Å². The average Bonchev–Trinajstić information content (AvgIpc) is 2.91. The lowest BCUT2D eigenvalue weighted by atomic mass is 10.1. The van der Waals surface area contributed by atoms with Gasteiger partial charge in [-0.2, -0.15) is 0 Å². The molecule has 0 aromatic carbocycles. The van der Waals surface area contributed by atoms with Gasteiger partial charge in [0.2, 0.25) is 5.65 Å². The van der Waals surface area contributed by atoms with E-state index in [-0.39, 0.29) is 11.7 Å². The van der Waals surface area contributed by atoms with Crippen LogP contribution in [0.25, 0.3) is 5.65 Å². The van der Waals surface area contributed by atoms with Gasteiger partial charge in [-0.05, 0) is 19.3 Å². The van der Waals surface area contributed by atoms with Gasteiger partial charge in [0.1, 0.15) is 5.82 Å². The number of rotatable bonds is 3. The molecule has 2 aromatic rings. The Balaban J connectivity index is 1.76. The fourth-order valence-corrected chi connectivity index (χ4v) is 4.20. The number of aryl methyl sites for hydroxylation is 1. The predicted octanol–water partition coefficient (Wildman–Crippen LogP) is 0.279. The highest BCUT2D eigenvalue weighted by atomic mass is 32.2. The lowest BCUT2D eigenvalue weighted by Crippen LogP contribution is -2.16. The Morgan fingerprint density at radius 2 is 2.32 bits per heavy atom. The minimum Gasteiger partial charge on any atom is -0.367 e. The van der Waals surface area contributed by atoms with E-state index in [1.54, 1.807) is 12.4 Å². The second kappa shape index (κ2) is 4.44. The molecule has 1 fully saturated rings. The van der Waals surface area contributed by atoms with Crippen LogP contribution in [0.2, 0.25) is 0 Å². The van der Waals surface area contributed by atoms with Crippen LogP contribution in [0.1, 0.15) is 12.2 Å². The van der Waals surface area contributed by atoms with Crippen LogP contribution in [-0.4, -0.2) is 46.1 Å². The first-order valence-corrected chi connectivity index (χ1v) is 7.98. The number of hydrogen-bond acceptors (Lipinski definition) is 6. The first-order chi connectivity index (χ1) is 9.05. The summed E-state index contributed by atoms with van der Waals surface area (Å²) in [6.07, 6.45) is 4.19. The van der Waals surface area contributed by atoms with Crippen LogP contribution in [0.15, 0.2) is 12.4 Å². The van der Waals surface area contributed by atoms with Crippen molar-refractivity contribution in [3.63, 3.8) is 0 Å². The molecule has 1 N–H and O–H groups in total. The summed E-state index contributed by atoms with van der Waals surface area (Å²) in [5.74, 6) is 2.14. The molecule has 0 bridgehead atoms. The molecule has 102 valence electrons. The molecule has 1 unspecified atom stereocenters. The van der Waals surface area contributed by atoms with Gasteiger partial charge in [0, 0.05) is 18.9 Å². The fourth-order valence-electron chi connectivity index (χ4n) is 2.34. The molecule has 0 spiro atoms. The van der Waals surface area contributed by atoms with E-state index in [4.69, 9.17) is 0 Å². The van der Waals surface area contributed by atoms with Crippen LogP contribution >= 0.6 is 0 Å². The Labute approximate surface area is 111 Å². The molecule has 1 aliphatic heterocycles. The summed E-state index contributed by atoms with van der Waals surface area (Å²) in [6.45, 7) is 2.46. The third-order valence-electron chi connectivity index (χ3n) is 3.38. The summed E-state index contributed by atoms with van der Waals surface area (Å²) in [5.41, 5.74) is 0.667. The minimum absolute atomic E-state index is 0.149. The van der Waals surface area contributed by atoms with Gasteiger partial charge in [0.25, 0.3) is 0 Å². The van der Waals surface area contributed by atoms with E-state index < -0.39 is 9.84 Å². The van der Waals surface area contributed by atoms with Crippen molar-refractivity contribution in [2.75, 3.05) is 23.4 Å². The highest BCUT2D eigenvalue weighted by Gasteiger charge is 2.27. The zero-order chi connectivity index (χ0) is 13.5. The Morgan fingerprint density at radius 1 is 1.47 bits per heavy atom. The van der Waals surface area contributed by atoms with Gasteiger partial charge in [-0.25, -0.2) is 13.4 Å². The first kappa shape index (κ1) is 12.3. The standard InChI is InChI=1S/C11H15N5O2S/c1-8-14-15-11-10(12-3-4-16(8)11)13-6-9-2-5-19(17,18)7-9/h3-4,9H,2,5-7H2,1H3,(H,12,13). The third-order valence-corrected chi connectivity index (χ3v) is 5.22. The Morgan fingerprint density at radius 3 is 3.05 bits per heavy atom. The number of fused-ring (bicyclic) bond motifs is 1. The summed E-state index contributed by atoms with van der Waals surface area (Å²) in [4.78, 5) is 4.23. The van der Waals surface area contributed by atoms with Gasteiger partial charge in [0.05, 0.1) is 11.5 Å². The first-order valence-electron chi connectivity index (χ1n) is 6.16. The zero-order valence-corrected chi connectivity index (χ0v) is 11.4. The summed E-state index contributed by atoms with van der Waals surface area (Å²) in [7, 11) is -2.83. The molecule has 2 aromatic heterocycles. The molecule has 1 aliphatic rings. The van der Waals surface area contributed by atoms with Crippen molar-refractivity contribution in [3.8, 4) is 0 Å². The third kappa shape index (κ3) is 2.40. The van der Waals surface area contributed by atoms with Gasteiger partial charge in [-0.3, -0.25) is 4.40 Å². The van der Waals surface area contributed by atoms with Crippen LogP contribution in [0.5, 0.6) is 0 Å². The van der Waals surface area contributed by atoms with Crippen LogP contribution < -0.4 is 5.32 Å². The number of sulfone groups is 1. The maximum atomic E-state index is 11.4. The number of nitrogens with one attached hydrogen (secondary N) is 1. The Kier molecular flexibility index (Phi) is 2.89. The fraction of sp³-hybridized carbons (Fsp3) is 0.545. The molecule has 1 saturated heterocycles. The van der Waals surface area contributed by atoms with Gasteiger partial charge in [0.15, 0.2) is 15.7 Å². The van der Waals surface area contributed by atoms with E-state index in [9.17, 15) is 8.42 Å². The maximum absolute atomic E-state index is 11.4. The summed E-state index contributed by atoms with van der Waals surface area (Å²) in [6, 6.07) is 0. The second-order valence-corrected chi connectivity index (χ2v) is 7.10. The van der Waals surface area contributed by atoms with Gasteiger partial charge in [-0.1, -0.05) is 0 Å². The topological polar surface area (TPSA) is 89.2 Å². The van der Waals surface area contributed by atoms with Crippen LogP contribution in [0.4, 0.5) is 5.82 Å². The summed E-state index contributed by atoms with van der Waals surface area (Å²) in [5, 5.41) is 11.2. The summed E-state index contributed by atoms with van der Waals surface area (Å²) < 4.78 is 24.6. The molecule has 3 heterocycles. The van der Waals surface area contributed by atoms with E-state index in [0.717, 1.165) is 5.82 Å². The van der Waals surface area contributed by atoms with Gasteiger partial charge < -0.3 is 5.32 Å². The van der Waals surface area contributed by atoms with Crippen molar-refractivity contribution in [3.05, 3.63) is 18.2 Å². The molecule has 3 rings (SSSR count).